The van der Waals surface area contributed by atoms with Gasteiger partial charge < -0.3 is 4.90 Å². The fourth-order valence-electron chi connectivity index (χ4n) is 4.12. The van der Waals surface area contributed by atoms with Crippen LogP contribution in [0.5, 0.6) is 0 Å². The van der Waals surface area contributed by atoms with Crippen LogP contribution in [0.4, 0.5) is 5.69 Å². The molecule has 1 aromatic heterocycles. The van der Waals surface area contributed by atoms with Gasteiger partial charge in [0.1, 0.15) is 5.70 Å². The molecule has 1 aromatic carbocycles. The normalized spacial score (nSPS) is 23.5. The molecule has 4 nitrogen and oxygen atoms in total. The van der Waals surface area contributed by atoms with Crippen LogP contribution in [0.1, 0.15) is 25.1 Å². The number of carbonyl (C=O) groups is 2. The van der Waals surface area contributed by atoms with Gasteiger partial charge in [-0.15, -0.1) is 11.3 Å². The first kappa shape index (κ1) is 18.4. The maximum absolute atomic E-state index is 13.4. The predicted molar refractivity (Wildman–Crippen MR) is 112 cm³/mol. The molecule has 0 spiro atoms. The minimum atomic E-state index is -0.231. The van der Waals surface area contributed by atoms with Crippen molar-refractivity contribution in [3.63, 3.8) is 0 Å². The number of likely N-dealkylation sites (tertiary alicyclic amines) is 1. The molecular weight excluding hydrogens is 424 g/mol. The molecule has 2 aromatic rings. The summed E-state index contributed by atoms with van der Waals surface area (Å²) in [5, 5.41) is 1.95. The van der Waals surface area contributed by atoms with Gasteiger partial charge in [0.2, 0.25) is 0 Å². The number of amides is 2. The molecule has 0 saturated carbocycles. The van der Waals surface area contributed by atoms with Crippen molar-refractivity contribution in [2.45, 2.75) is 20.3 Å². The van der Waals surface area contributed by atoms with Crippen molar-refractivity contribution in [2.75, 3.05) is 18.0 Å². The number of rotatable bonds is 3. The number of hydrogen-bond donors (Lipinski definition) is 0. The Balaban J connectivity index is 1.80. The van der Waals surface area contributed by atoms with E-state index in [1.54, 1.807) is 12.1 Å². The van der Waals surface area contributed by atoms with Gasteiger partial charge in [-0.1, -0.05) is 35.8 Å². The van der Waals surface area contributed by atoms with Crippen molar-refractivity contribution in [3.8, 4) is 0 Å². The van der Waals surface area contributed by atoms with Crippen LogP contribution in [0.2, 0.25) is 0 Å². The van der Waals surface area contributed by atoms with Gasteiger partial charge in [-0.05, 0) is 54.0 Å². The molecule has 6 heteroatoms. The maximum atomic E-state index is 13.4. The largest absolute Gasteiger partial charge is 0.366 e. The fraction of sp³-hybridized carbons (Fsp3) is 0.333. The summed E-state index contributed by atoms with van der Waals surface area (Å²) in [4.78, 5) is 31.1. The van der Waals surface area contributed by atoms with Crippen molar-refractivity contribution >= 4 is 50.3 Å². The minimum absolute atomic E-state index is 0.216. The zero-order valence-corrected chi connectivity index (χ0v) is 17.7. The lowest BCUT2D eigenvalue weighted by Crippen LogP contribution is -2.41. The molecule has 2 unspecified atom stereocenters. The van der Waals surface area contributed by atoms with Crippen molar-refractivity contribution in [1.29, 1.82) is 0 Å². The Morgan fingerprint density at radius 3 is 2.26 bits per heavy atom. The maximum Gasteiger partial charge on any atom is 0.282 e. The molecule has 0 bridgehead atoms. The number of imide groups is 1. The summed E-state index contributed by atoms with van der Waals surface area (Å²) in [5.41, 5.74) is 1.71. The van der Waals surface area contributed by atoms with Crippen LogP contribution in [0, 0.1) is 11.8 Å². The summed E-state index contributed by atoms with van der Waals surface area (Å²) in [7, 11) is 0. The summed E-state index contributed by atoms with van der Waals surface area (Å²) in [6, 6.07) is 11.2. The first-order valence-corrected chi connectivity index (χ1v) is 10.8. The van der Waals surface area contributed by atoms with Crippen LogP contribution in [-0.4, -0.2) is 29.8 Å². The summed E-state index contributed by atoms with van der Waals surface area (Å²) < 4.78 is 0.913. The monoisotopic (exact) mass is 444 g/mol. The Labute approximate surface area is 171 Å². The predicted octanol–water partition coefficient (Wildman–Crippen LogP) is 4.77. The Morgan fingerprint density at radius 1 is 1.00 bits per heavy atom. The number of nitrogens with zero attached hydrogens (tertiary/aromatic N) is 2. The van der Waals surface area contributed by atoms with Gasteiger partial charge in [0.05, 0.1) is 11.3 Å². The molecule has 3 heterocycles. The minimum Gasteiger partial charge on any atom is -0.366 e. The van der Waals surface area contributed by atoms with Crippen molar-refractivity contribution in [2.24, 2.45) is 11.8 Å². The molecule has 2 atom stereocenters. The standard InChI is InChI=1S/C21H21BrN2O2S/c1-13-10-14(2)12-23(11-13)19-18(17-4-3-9-27-17)20(25)24(21(19)26)16-7-5-15(22)6-8-16/h3-9,13-14H,10-12H2,1-2H3. The van der Waals surface area contributed by atoms with E-state index < -0.39 is 0 Å². The highest BCUT2D eigenvalue weighted by atomic mass is 79.9. The van der Waals surface area contributed by atoms with Gasteiger partial charge in [0, 0.05) is 22.4 Å². The van der Waals surface area contributed by atoms with Gasteiger partial charge in [-0.3, -0.25) is 9.59 Å². The fourth-order valence-corrected chi connectivity index (χ4v) is 5.15. The molecule has 2 aliphatic rings. The van der Waals surface area contributed by atoms with Gasteiger partial charge >= 0.3 is 0 Å². The quantitative estimate of drug-likeness (QED) is 0.639. The van der Waals surface area contributed by atoms with Crippen LogP contribution >= 0.6 is 27.3 Å². The second-order valence-corrected chi connectivity index (χ2v) is 9.34. The smallest absolute Gasteiger partial charge is 0.282 e. The van der Waals surface area contributed by atoms with Crippen molar-refractivity contribution < 1.29 is 9.59 Å². The average molecular weight is 445 g/mol. The number of piperidine rings is 1. The first-order chi connectivity index (χ1) is 13.0. The molecule has 4 rings (SSSR count). The Hall–Kier alpha value is -1.92. The van der Waals surface area contributed by atoms with Gasteiger partial charge in [-0.25, -0.2) is 4.90 Å². The molecule has 2 aliphatic heterocycles. The summed E-state index contributed by atoms with van der Waals surface area (Å²) in [5.74, 6) is 0.545. The number of anilines is 1. The van der Waals surface area contributed by atoms with Gasteiger partial charge in [-0.2, -0.15) is 0 Å². The third-order valence-corrected chi connectivity index (χ3v) is 6.51. The second kappa shape index (κ2) is 7.24. The highest BCUT2D eigenvalue weighted by molar-refractivity contribution is 9.10. The SMILES string of the molecule is CC1CC(C)CN(C2=C(c3cccs3)C(=O)N(c3ccc(Br)cc3)C2=O)C1. The topological polar surface area (TPSA) is 40.6 Å². The molecule has 2 amide bonds. The van der Waals surface area contributed by atoms with Crippen LogP contribution in [0.15, 0.2) is 51.9 Å². The highest BCUT2D eigenvalue weighted by Crippen LogP contribution is 2.38. The zero-order valence-electron chi connectivity index (χ0n) is 15.3. The molecule has 0 radical (unpaired) electrons. The molecule has 0 N–H and O–H groups in total. The van der Waals surface area contributed by atoms with Crippen molar-refractivity contribution in [1.82, 2.24) is 4.90 Å². The van der Waals surface area contributed by atoms with E-state index in [2.05, 4.69) is 34.7 Å². The van der Waals surface area contributed by atoms with Crippen LogP contribution in [0.3, 0.4) is 0 Å². The number of thiophene rings is 1. The van der Waals surface area contributed by atoms with E-state index >= 15 is 0 Å². The Morgan fingerprint density at radius 2 is 1.67 bits per heavy atom. The van der Waals surface area contributed by atoms with Crippen LogP contribution in [-0.2, 0) is 9.59 Å². The molecule has 27 heavy (non-hydrogen) atoms. The zero-order chi connectivity index (χ0) is 19.1. The molecular formula is C21H21BrN2O2S. The number of hydrogen-bond acceptors (Lipinski definition) is 4. The first-order valence-electron chi connectivity index (χ1n) is 9.13. The molecule has 140 valence electrons. The molecule has 1 fully saturated rings. The highest BCUT2D eigenvalue weighted by Gasteiger charge is 2.44. The van der Waals surface area contributed by atoms with Crippen LogP contribution in [0.25, 0.3) is 5.57 Å². The van der Waals surface area contributed by atoms with Gasteiger partial charge in [0.15, 0.2) is 0 Å². The number of carbonyl (C=O) groups excluding carboxylic acids is 2. The average Bonchev–Trinajstić information content (AvgIpc) is 3.21. The van der Waals surface area contributed by atoms with E-state index in [1.165, 1.54) is 16.2 Å². The van der Waals surface area contributed by atoms with Gasteiger partial charge in [0.25, 0.3) is 11.8 Å². The van der Waals surface area contributed by atoms with E-state index in [9.17, 15) is 9.59 Å². The summed E-state index contributed by atoms with van der Waals surface area (Å²) in [6.07, 6.45) is 1.15. The second-order valence-electron chi connectivity index (χ2n) is 7.47. The van der Waals surface area contributed by atoms with E-state index in [1.807, 2.05) is 29.6 Å². The number of benzene rings is 1. The lowest BCUT2D eigenvalue weighted by atomic mass is 9.91. The lowest BCUT2D eigenvalue weighted by Gasteiger charge is -2.37. The molecule has 0 aliphatic carbocycles. The van der Waals surface area contributed by atoms with Crippen molar-refractivity contribution in [3.05, 3.63) is 56.8 Å². The third-order valence-electron chi connectivity index (χ3n) is 5.10. The third kappa shape index (κ3) is 3.36. The lowest BCUT2D eigenvalue weighted by molar-refractivity contribution is -0.120. The van der Waals surface area contributed by atoms with Crippen LogP contribution < -0.4 is 4.90 Å². The summed E-state index contributed by atoms with van der Waals surface area (Å²) >= 11 is 4.91. The number of halogens is 1. The van der Waals surface area contributed by atoms with E-state index in [0.717, 1.165) is 28.9 Å². The van der Waals surface area contributed by atoms with E-state index in [-0.39, 0.29) is 11.8 Å². The van der Waals surface area contributed by atoms with E-state index in [0.29, 0.717) is 28.8 Å². The molecule has 1 saturated heterocycles. The summed E-state index contributed by atoms with van der Waals surface area (Å²) in [6.45, 7) is 6.03. The Kier molecular flexibility index (Phi) is 4.95. The Bertz CT molecular complexity index is 895. The van der Waals surface area contributed by atoms with E-state index in [4.69, 9.17) is 0 Å².